The summed E-state index contributed by atoms with van der Waals surface area (Å²) in [6.45, 7) is 3.57. The molecule has 0 spiro atoms. The van der Waals surface area contributed by atoms with Gasteiger partial charge in [-0.3, -0.25) is 4.79 Å². The monoisotopic (exact) mass is 281 g/mol. The zero-order valence-electron chi connectivity index (χ0n) is 11.8. The van der Waals surface area contributed by atoms with Crippen molar-refractivity contribution >= 4 is 5.78 Å². The number of rotatable bonds is 5. The molecule has 2 rings (SSSR count). The van der Waals surface area contributed by atoms with Gasteiger partial charge in [-0.1, -0.05) is 19.4 Å². The van der Waals surface area contributed by atoms with Gasteiger partial charge in [-0.15, -0.1) is 0 Å². The first-order chi connectivity index (χ1) is 9.59. The smallest absolute Gasteiger partial charge is 0.144 e. The quantitative estimate of drug-likeness (QED) is 0.897. The summed E-state index contributed by atoms with van der Waals surface area (Å²) >= 11 is 0. The van der Waals surface area contributed by atoms with E-state index in [-0.39, 0.29) is 17.8 Å². The van der Waals surface area contributed by atoms with E-state index in [1.165, 1.54) is 18.2 Å². The molecule has 20 heavy (non-hydrogen) atoms. The Morgan fingerprint density at radius 3 is 2.60 bits per heavy atom. The van der Waals surface area contributed by atoms with E-state index in [1.807, 2.05) is 6.92 Å². The van der Waals surface area contributed by atoms with Crippen LogP contribution in [0.15, 0.2) is 18.2 Å². The lowest BCUT2D eigenvalue weighted by atomic mass is 9.72. The van der Waals surface area contributed by atoms with E-state index in [2.05, 4.69) is 5.32 Å². The molecular weight excluding hydrogens is 260 g/mol. The van der Waals surface area contributed by atoms with Crippen LogP contribution in [0.25, 0.3) is 0 Å². The number of piperidine rings is 1. The second kappa shape index (κ2) is 6.44. The molecule has 1 N–H and O–H groups in total. The van der Waals surface area contributed by atoms with Crippen LogP contribution in [0, 0.1) is 17.0 Å². The number of hydrogen-bond acceptors (Lipinski definition) is 2. The van der Waals surface area contributed by atoms with Gasteiger partial charge in [-0.05, 0) is 37.9 Å². The van der Waals surface area contributed by atoms with Crippen LogP contribution < -0.4 is 5.32 Å². The van der Waals surface area contributed by atoms with Gasteiger partial charge in [-0.25, -0.2) is 8.78 Å². The largest absolute Gasteiger partial charge is 0.316 e. The summed E-state index contributed by atoms with van der Waals surface area (Å²) in [6, 6.07) is 3.73. The molecule has 0 aromatic heterocycles. The van der Waals surface area contributed by atoms with Gasteiger partial charge >= 0.3 is 0 Å². The standard InChI is InChI=1S/C16H21F2NO/c1-2-7-16(8-4-9-19-11-16)15(20)10-12-13(17)5-3-6-14(12)18/h3,5-6,19H,2,4,7-11H2,1H3. The molecule has 4 heteroatoms. The molecule has 0 aliphatic carbocycles. The number of nitrogens with one attached hydrogen (secondary N) is 1. The van der Waals surface area contributed by atoms with Crippen LogP contribution in [0.1, 0.15) is 38.2 Å². The van der Waals surface area contributed by atoms with Crippen LogP contribution in [-0.4, -0.2) is 18.9 Å². The maximum Gasteiger partial charge on any atom is 0.144 e. The molecule has 110 valence electrons. The second-order valence-corrected chi connectivity index (χ2v) is 5.61. The highest BCUT2D eigenvalue weighted by Gasteiger charge is 2.38. The van der Waals surface area contributed by atoms with Crippen molar-refractivity contribution in [3.05, 3.63) is 35.4 Å². The third-order valence-corrected chi connectivity index (χ3v) is 4.19. The fourth-order valence-corrected chi connectivity index (χ4v) is 3.09. The molecule has 0 bridgehead atoms. The molecule has 1 atom stereocenters. The van der Waals surface area contributed by atoms with E-state index >= 15 is 0 Å². The van der Waals surface area contributed by atoms with Crippen LogP contribution in [0.2, 0.25) is 0 Å². The van der Waals surface area contributed by atoms with Gasteiger partial charge in [0.1, 0.15) is 17.4 Å². The Kier molecular flexibility index (Phi) is 4.86. The summed E-state index contributed by atoms with van der Waals surface area (Å²) < 4.78 is 27.4. The summed E-state index contributed by atoms with van der Waals surface area (Å²) in [5, 5.41) is 3.25. The number of halogens is 2. The SMILES string of the molecule is CCCC1(C(=O)Cc2c(F)cccc2F)CCCNC1. The van der Waals surface area contributed by atoms with Crippen molar-refractivity contribution in [3.8, 4) is 0 Å². The lowest BCUT2D eigenvalue weighted by molar-refractivity contribution is -0.129. The van der Waals surface area contributed by atoms with Crippen molar-refractivity contribution in [1.82, 2.24) is 5.32 Å². The first kappa shape index (κ1) is 15.1. The Bertz CT molecular complexity index is 456. The van der Waals surface area contributed by atoms with Crippen molar-refractivity contribution in [1.29, 1.82) is 0 Å². The molecule has 1 saturated heterocycles. The van der Waals surface area contributed by atoms with Crippen molar-refractivity contribution < 1.29 is 13.6 Å². The Morgan fingerprint density at radius 1 is 1.35 bits per heavy atom. The first-order valence-corrected chi connectivity index (χ1v) is 7.26. The Balaban J connectivity index is 2.20. The molecule has 1 fully saturated rings. The summed E-state index contributed by atoms with van der Waals surface area (Å²) in [6.07, 6.45) is 3.26. The van der Waals surface area contributed by atoms with Crippen LogP contribution >= 0.6 is 0 Å². The third kappa shape index (κ3) is 3.06. The molecular formula is C16H21F2NO. The molecule has 1 unspecified atom stereocenters. The number of carbonyl (C=O) groups is 1. The van der Waals surface area contributed by atoms with Gasteiger partial charge in [0.25, 0.3) is 0 Å². The lowest BCUT2D eigenvalue weighted by Crippen LogP contribution is -2.46. The van der Waals surface area contributed by atoms with Gasteiger partial charge in [0.2, 0.25) is 0 Å². The van der Waals surface area contributed by atoms with Gasteiger partial charge < -0.3 is 5.32 Å². The highest BCUT2D eigenvalue weighted by atomic mass is 19.1. The van der Waals surface area contributed by atoms with Gasteiger partial charge in [0.15, 0.2) is 0 Å². The second-order valence-electron chi connectivity index (χ2n) is 5.61. The van der Waals surface area contributed by atoms with Gasteiger partial charge in [-0.2, -0.15) is 0 Å². The average Bonchev–Trinajstić information content (AvgIpc) is 2.44. The van der Waals surface area contributed by atoms with Crippen molar-refractivity contribution in [2.75, 3.05) is 13.1 Å². The van der Waals surface area contributed by atoms with Crippen LogP contribution in [0.5, 0.6) is 0 Å². The molecule has 1 aliphatic heterocycles. The fraction of sp³-hybridized carbons (Fsp3) is 0.562. The summed E-state index contributed by atoms with van der Waals surface area (Å²) in [5.41, 5.74) is -0.555. The number of hydrogen-bond donors (Lipinski definition) is 1. The first-order valence-electron chi connectivity index (χ1n) is 7.26. The van der Waals surface area contributed by atoms with Crippen LogP contribution in [0.3, 0.4) is 0 Å². The minimum atomic E-state index is -0.631. The number of carbonyl (C=O) groups excluding carboxylic acids is 1. The maximum atomic E-state index is 13.7. The van der Waals surface area contributed by atoms with Crippen molar-refractivity contribution in [2.45, 2.75) is 39.0 Å². The molecule has 0 saturated carbocycles. The van der Waals surface area contributed by atoms with Crippen molar-refractivity contribution in [3.63, 3.8) is 0 Å². The normalized spacial score (nSPS) is 22.8. The van der Waals surface area contributed by atoms with E-state index in [4.69, 9.17) is 0 Å². The predicted octanol–water partition coefficient (Wildman–Crippen LogP) is 3.25. The van der Waals surface area contributed by atoms with Crippen LogP contribution in [0.4, 0.5) is 8.78 Å². The van der Waals surface area contributed by atoms with E-state index in [0.717, 1.165) is 32.2 Å². The number of benzene rings is 1. The zero-order chi connectivity index (χ0) is 14.6. The minimum absolute atomic E-state index is 0.0458. The Hall–Kier alpha value is -1.29. The molecule has 1 heterocycles. The highest BCUT2D eigenvalue weighted by Crippen LogP contribution is 2.34. The minimum Gasteiger partial charge on any atom is -0.316 e. The Morgan fingerprint density at radius 2 is 2.05 bits per heavy atom. The lowest BCUT2D eigenvalue weighted by Gasteiger charge is -2.36. The molecule has 2 nitrogen and oxygen atoms in total. The molecule has 0 radical (unpaired) electrons. The summed E-state index contributed by atoms with van der Waals surface area (Å²) in [7, 11) is 0. The summed E-state index contributed by atoms with van der Waals surface area (Å²) in [5.74, 6) is -1.31. The van der Waals surface area contributed by atoms with Gasteiger partial charge in [0.05, 0.1) is 0 Å². The fourth-order valence-electron chi connectivity index (χ4n) is 3.09. The van der Waals surface area contributed by atoms with Crippen molar-refractivity contribution in [2.24, 2.45) is 5.41 Å². The topological polar surface area (TPSA) is 29.1 Å². The molecule has 1 aromatic carbocycles. The number of ketones is 1. The average molecular weight is 281 g/mol. The van der Waals surface area contributed by atoms with E-state index < -0.39 is 17.0 Å². The Labute approximate surface area is 118 Å². The van der Waals surface area contributed by atoms with E-state index in [9.17, 15) is 13.6 Å². The zero-order valence-corrected chi connectivity index (χ0v) is 11.8. The molecule has 0 amide bonds. The number of Topliss-reactive ketones (excluding diaryl/α,β-unsaturated/α-hetero) is 1. The third-order valence-electron chi connectivity index (χ3n) is 4.19. The maximum absolute atomic E-state index is 13.7. The van der Waals surface area contributed by atoms with E-state index in [0.29, 0.717) is 6.54 Å². The highest BCUT2D eigenvalue weighted by molar-refractivity contribution is 5.87. The molecule has 1 aromatic rings. The van der Waals surface area contributed by atoms with Gasteiger partial charge in [0, 0.05) is 23.9 Å². The van der Waals surface area contributed by atoms with E-state index in [1.54, 1.807) is 0 Å². The predicted molar refractivity (Wildman–Crippen MR) is 74.5 cm³/mol. The molecule has 1 aliphatic rings. The summed E-state index contributed by atoms with van der Waals surface area (Å²) in [4.78, 5) is 12.6. The van der Waals surface area contributed by atoms with Crippen LogP contribution in [-0.2, 0) is 11.2 Å².